The van der Waals surface area contributed by atoms with Gasteiger partial charge >= 0.3 is 0 Å². The Kier molecular flexibility index (Phi) is 3.02. The van der Waals surface area contributed by atoms with Crippen LogP contribution in [0.4, 0.5) is 0 Å². The van der Waals surface area contributed by atoms with Crippen LogP contribution in [0.15, 0.2) is 83.3 Å². The van der Waals surface area contributed by atoms with E-state index in [2.05, 4.69) is 104 Å². The number of aromatic nitrogens is 1. The van der Waals surface area contributed by atoms with E-state index in [1.165, 1.54) is 60.6 Å². The summed E-state index contributed by atoms with van der Waals surface area (Å²) in [5, 5.41) is 2.38. The Morgan fingerprint density at radius 3 is 2.42 bits per heavy atom. The van der Waals surface area contributed by atoms with Crippen molar-refractivity contribution >= 4 is 56.1 Å². The molecular formula is C30H22BNO. The van der Waals surface area contributed by atoms with Gasteiger partial charge in [-0.05, 0) is 58.8 Å². The van der Waals surface area contributed by atoms with Gasteiger partial charge in [0, 0.05) is 21.9 Å². The number of hydrogen-bond donors (Lipinski definition) is 0. The molecule has 4 aromatic carbocycles. The molecule has 6 aromatic rings. The average Bonchev–Trinajstić information content (AvgIpc) is 3.35. The third kappa shape index (κ3) is 1.94. The van der Waals surface area contributed by atoms with Gasteiger partial charge in [-0.2, -0.15) is 0 Å². The second kappa shape index (κ2) is 5.61. The Morgan fingerprint density at radius 1 is 0.758 bits per heavy atom. The number of furan rings is 1. The van der Waals surface area contributed by atoms with Crippen molar-refractivity contribution in [1.82, 2.24) is 4.57 Å². The van der Waals surface area contributed by atoms with Crippen LogP contribution < -0.4 is 16.4 Å². The fraction of sp³-hybridized carbons (Fsp3) is 0.133. The zero-order valence-corrected chi connectivity index (χ0v) is 18.9. The van der Waals surface area contributed by atoms with Gasteiger partial charge in [0.25, 0.3) is 0 Å². The van der Waals surface area contributed by atoms with E-state index in [0.29, 0.717) is 0 Å². The van der Waals surface area contributed by atoms with Crippen LogP contribution in [0.5, 0.6) is 0 Å². The summed E-state index contributed by atoms with van der Waals surface area (Å²) in [6.07, 6.45) is 0. The third-order valence-electron chi connectivity index (χ3n) is 8.09. The predicted molar refractivity (Wildman–Crippen MR) is 139 cm³/mol. The van der Waals surface area contributed by atoms with Gasteiger partial charge in [-0.15, -0.1) is 0 Å². The van der Waals surface area contributed by atoms with Gasteiger partial charge < -0.3 is 8.98 Å². The quantitative estimate of drug-likeness (QED) is 0.303. The van der Waals surface area contributed by atoms with E-state index in [1.807, 2.05) is 0 Å². The van der Waals surface area contributed by atoms with E-state index >= 15 is 0 Å². The van der Waals surface area contributed by atoms with Crippen LogP contribution in [-0.4, -0.2) is 11.3 Å². The molecular weight excluding hydrogens is 401 g/mol. The molecule has 0 saturated heterocycles. The third-order valence-corrected chi connectivity index (χ3v) is 8.09. The predicted octanol–water partition coefficient (Wildman–Crippen LogP) is 5.31. The highest BCUT2D eigenvalue weighted by Gasteiger charge is 2.45. The van der Waals surface area contributed by atoms with E-state index in [9.17, 15) is 0 Å². The van der Waals surface area contributed by atoms with E-state index < -0.39 is 0 Å². The van der Waals surface area contributed by atoms with Crippen LogP contribution in [0.25, 0.3) is 38.7 Å². The van der Waals surface area contributed by atoms with Crippen LogP contribution >= 0.6 is 0 Å². The Hall–Kier alpha value is -3.72. The lowest BCUT2D eigenvalue weighted by atomic mass is 9.30. The van der Waals surface area contributed by atoms with Crippen molar-refractivity contribution in [2.24, 2.45) is 0 Å². The molecule has 0 fully saturated rings. The molecule has 0 unspecified atom stereocenters. The summed E-state index contributed by atoms with van der Waals surface area (Å²) in [5.41, 5.74) is 14.1. The van der Waals surface area contributed by atoms with Crippen molar-refractivity contribution in [2.75, 3.05) is 0 Å². The molecule has 0 spiro atoms. The molecule has 2 aliphatic rings. The van der Waals surface area contributed by atoms with Gasteiger partial charge in [0.2, 0.25) is 6.71 Å². The molecule has 0 amide bonds. The molecule has 4 heterocycles. The molecule has 2 aromatic heterocycles. The van der Waals surface area contributed by atoms with Gasteiger partial charge in [0.15, 0.2) is 5.58 Å². The van der Waals surface area contributed by atoms with Gasteiger partial charge in [0.05, 0.1) is 5.52 Å². The van der Waals surface area contributed by atoms with Crippen molar-refractivity contribution in [3.05, 3.63) is 95.6 Å². The molecule has 2 nitrogen and oxygen atoms in total. The first-order valence-electron chi connectivity index (χ1n) is 11.7. The van der Waals surface area contributed by atoms with Crippen LogP contribution in [-0.2, 0) is 5.41 Å². The maximum atomic E-state index is 6.48. The summed E-state index contributed by atoms with van der Waals surface area (Å²) in [7, 11) is 0. The molecule has 33 heavy (non-hydrogen) atoms. The molecule has 0 aliphatic carbocycles. The average molecular weight is 423 g/mol. The number of para-hydroxylation sites is 2. The van der Waals surface area contributed by atoms with E-state index in [1.54, 1.807) is 0 Å². The maximum absolute atomic E-state index is 6.48. The largest absolute Gasteiger partial charge is 0.454 e. The molecule has 0 bridgehead atoms. The summed E-state index contributed by atoms with van der Waals surface area (Å²) in [6.45, 7) is 7.23. The van der Waals surface area contributed by atoms with Gasteiger partial charge in [-0.1, -0.05) is 73.9 Å². The highest BCUT2D eigenvalue weighted by Crippen LogP contribution is 2.42. The number of rotatable bonds is 0. The highest BCUT2D eigenvalue weighted by atomic mass is 16.3. The van der Waals surface area contributed by atoms with Crippen LogP contribution in [0.3, 0.4) is 0 Å². The topological polar surface area (TPSA) is 18.1 Å². The molecule has 156 valence electrons. The Labute approximate surface area is 192 Å². The summed E-state index contributed by atoms with van der Waals surface area (Å²) in [4.78, 5) is 0. The lowest BCUT2D eigenvalue weighted by Gasteiger charge is -2.42. The molecule has 0 radical (unpaired) electrons. The van der Waals surface area contributed by atoms with Crippen molar-refractivity contribution in [3.8, 4) is 5.69 Å². The number of nitrogens with zero attached hydrogens (tertiary/aromatic N) is 1. The second-order valence-corrected chi connectivity index (χ2v) is 10.2. The Balaban J connectivity index is 1.67. The molecule has 3 heteroatoms. The van der Waals surface area contributed by atoms with E-state index in [-0.39, 0.29) is 12.1 Å². The Bertz CT molecular complexity index is 1820. The summed E-state index contributed by atoms with van der Waals surface area (Å²) in [5.74, 6) is 0. The van der Waals surface area contributed by atoms with Crippen LogP contribution in [0.1, 0.15) is 30.5 Å². The van der Waals surface area contributed by atoms with Crippen molar-refractivity contribution in [3.63, 3.8) is 0 Å². The van der Waals surface area contributed by atoms with Gasteiger partial charge in [-0.3, -0.25) is 0 Å². The number of benzene rings is 4. The minimum absolute atomic E-state index is 0.0562. The number of fused-ring (bicyclic) bond motifs is 9. The summed E-state index contributed by atoms with van der Waals surface area (Å²) >= 11 is 0. The van der Waals surface area contributed by atoms with Crippen molar-refractivity contribution < 1.29 is 4.42 Å². The van der Waals surface area contributed by atoms with Gasteiger partial charge in [0.1, 0.15) is 11.1 Å². The molecule has 0 saturated carbocycles. The maximum Gasteiger partial charge on any atom is 0.247 e. The lowest BCUT2D eigenvalue weighted by molar-refractivity contribution is 0.644. The van der Waals surface area contributed by atoms with Crippen molar-refractivity contribution in [1.29, 1.82) is 0 Å². The fourth-order valence-corrected chi connectivity index (χ4v) is 6.74. The molecule has 2 aliphatic heterocycles. The summed E-state index contributed by atoms with van der Waals surface area (Å²) in [6, 6.07) is 29.0. The van der Waals surface area contributed by atoms with E-state index in [4.69, 9.17) is 4.42 Å². The lowest BCUT2D eigenvalue weighted by Crippen LogP contribution is -2.63. The van der Waals surface area contributed by atoms with Gasteiger partial charge in [-0.25, -0.2) is 0 Å². The first kappa shape index (κ1) is 17.8. The summed E-state index contributed by atoms with van der Waals surface area (Å²) < 4.78 is 8.98. The smallest absolute Gasteiger partial charge is 0.247 e. The van der Waals surface area contributed by atoms with Crippen molar-refractivity contribution in [2.45, 2.75) is 26.2 Å². The number of hydrogen-bond acceptors (Lipinski definition) is 1. The first-order valence-corrected chi connectivity index (χ1v) is 11.7. The minimum atomic E-state index is -0.0562. The highest BCUT2D eigenvalue weighted by molar-refractivity contribution is 6.99. The normalized spacial score (nSPS) is 15.3. The molecule has 8 rings (SSSR count). The van der Waals surface area contributed by atoms with E-state index in [0.717, 1.165) is 11.2 Å². The first-order chi connectivity index (χ1) is 16.1. The minimum Gasteiger partial charge on any atom is -0.454 e. The molecule has 0 N–H and O–H groups in total. The van der Waals surface area contributed by atoms with Crippen LogP contribution in [0.2, 0.25) is 0 Å². The standard InChI is InChI=1S/C30H22BNO/c1-17-15-21-26-24(16-17)32-27-19(29-28(32)18-9-4-7-14-25(18)33-29)10-8-13-23(27)31(26)22-12-6-5-11-20(22)30(21,2)3/h4-16H,1-3H3. The molecule has 0 atom stereocenters. The fourth-order valence-electron chi connectivity index (χ4n) is 6.74. The Morgan fingerprint density at radius 2 is 1.52 bits per heavy atom. The zero-order chi connectivity index (χ0) is 22.1. The zero-order valence-electron chi connectivity index (χ0n) is 18.9. The number of aryl methyl sites for hydroxylation is 1. The van der Waals surface area contributed by atoms with Crippen LogP contribution in [0, 0.1) is 6.92 Å². The second-order valence-electron chi connectivity index (χ2n) is 10.2. The monoisotopic (exact) mass is 423 g/mol. The SMILES string of the molecule is Cc1cc2c3c(c1)C(C)(C)c1ccccc1B3c1cccc3c4oc5ccccc5c4n-2c13.